The van der Waals surface area contributed by atoms with Crippen LogP contribution in [0.5, 0.6) is 0 Å². The maximum absolute atomic E-state index is 13.6. The summed E-state index contributed by atoms with van der Waals surface area (Å²) in [6, 6.07) is 2.47. The van der Waals surface area contributed by atoms with E-state index in [1.165, 1.54) is 0 Å². The molecule has 0 spiro atoms. The van der Waals surface area contributed by atoms with Gasteiger partial charge in [-0.25, -0.2) is 18.2 Å². The second-order valence-electron chi connectivity index (χ2n) is 4.19. The summed E-state index contributed by atoms with van der Waals surface area (Å²) in [5, 5.41) is 0.308. The molecule has 0 bridgehead atoms. The Morgan fingerprint density at radius 1 is 1.12 bits per heavy atom. The van der Waals surface area contributed by atoms with Crippen LogP contribution in [0.2, 0.25) is 5.02 Å². The minimum Gasteiger partial charge on any atom is -0.249 e. The van der Waals surface area contributed by atoms with Crippen molar-refractivity contribution in [2.24, 2.45) is 0 Å². The summed E-state index contributed by atoms with van der Waals surface area (Å²) in [7, 11) is 0. The molecule has 1 heterocycles. The first kappa shape index (κ1) is 10.8. The molecule has 1 aliphatic rings. The van der Waals surface area contributed by atoms with Crippen LogP contribution in [0, 0.1) is 17.5 Å². The van der Waals surface area contributed by atoms with Crippen LogP contribution in [0.1, 0.15) is 24.5 Å². The first-order valence-corrected chi connectivity index (χ1v) is 5.59. The Morgan fingerprint density at radius 2 is 1.82 bits per heavy atom. The zero-order valence-corrected chi connectivity index (χ0v) is 9.36. The van der Waals surface area contributed by atoms with Gasteiger partial charge in [-0.15, -0.1) is 0 Å². The number of aromatic nitrogens is 1. The molecule has 1 nitrogen and oxygen atoms in total. The fourth-order valence-corrected chi connectivity index (χ4v) is 2.09. The molecule has 1 aromatic heterocycles. The summed E-state index contributed by atoms with van der Waals surface area (Å²) < 4.78 is 39.7. The van der Waals surface area contributed by atoms with Gasteiger partial charge < -0.3 is 0 Å². The molecule has 88 valence electrons. The molecule has 17 heavy (non-hydrogen) atoms. The van der Waals surface area contributed by atoms with E-state index in [-0.39, 0.29) is 21.8 Å². The average molecular weight is 258 g/mol. The highest BCUT2D eigenvalue weighted by atomic mass is 35.5. The van der Waals surface area contributed by atoms with Crippen molar-refractivity contribution in [1.82, 2.24) is 4.98 Å². The van der Waals surface area contributed by atoms with Crippen LogP contribution in [0.25, 0.3) is 10.9 Å². The van der Waals surface area contributed by atoms with Gasteiger partial charge in [0.25, 0.3) is 0 Å². The van der Waals surface area contributed by atoms with E-state index in [1.54, 1.807) is 6.07 Å². The highest BCUT2D eigenvalue weighted by molar-refractivity contribution is 6.35. The van der Waals surface area contributed by atoms with Crippen molar-refractivity contribution in [3.63, 3.8) is 0 Å². The second-order valence-corrected chi connectivity index (χ2v) is 4.59. The van der Waals surface area contributed by atoms with Gasteiger partial charge in [-0.2, -0.15) is 0 Å². The molecule has 5 heteroatoms. The molecule has 3 rings (SSSR count). The van der Waals surface area contributed by atoms with Gasteiger partial charge in [0.05, 0.1) is 5.02 Å². The number of halogens is 4. The van der Waals surface area contributed by atoms with E-state index in [0.717, 1.165) is 18.9 Å². The Labute approximate surface area is 100 Å². The van der Waals surface area contributed by atoms with Gasteiger partial charge >= 0.3 is 0 Å². The third-order valence-corrected chi connectivity index (χ3v) is 3.22. The van der Waals surface area contributed by atoms with Gasteiger partial charge in [0.1, 0.15) is 5.52 Å². The Morgan fingerprint density at radius 3 is 2.47 bits per heavy atom. The Hall–Kier alpha value is -1.29. The van der Waals surface area contributed by atoms with E-state index in [9.17, 15) is 13.2 Å². The number of hydrogen-bond donors (Lipinski definition) is 0. The summed E-state index contributed by atoms with van der Waals surface area (Å²) in [6.45, 7) is 0. The number of hydrogen-bond acceptors (Lipinski definition) is 1. The van der Waals surface area contributed by atoms with Crippen LogP contribution in [-0.2, 0) is 0 Å². The fourth-order valence-electron chi connectivity index (χ4n) is 1.83. The van der Waals surface area contributed by atoms with Gasteiger partial charge in [-0.05, 0) is 25.0 Å². The van der Waals surface area contributed by atoms with Crippen molar-refractivity contribution in [1.29, 1.82) is 0 Å². The monoisotopic (exact) mass is 257 g/mol. The Bertz CT molecular complexity index is 623. The van der Waals surface area contributed by atoms with E-state index >= 15 is 0 Å². The summed E-state index contributed by atoms with van der Waals surface area (Å²) in [4.78, 5) is 4.03. The third kappa shape index (κ3) is 1.67. The molecule has 0 saturated heterocycles. The van der Waals surface area contributed by atoms with Gasteiger partial charge in [-0.3, -0.25) is 0 Å². The summed E-state index contributed by atoms with van der Waals surface area (Å²) in [6.07, 6.45) is 1.94. The van der Waals surface area contributed by atoms with E-state index in [2.05, 4.69) is 4.98 Å². The van der Waals surface area contributed by atoms with Crippen LogP contribution in [0.15, 0.2) is 12.1 Å². The number of nitrogens with zero attached hydrogens (tertiary/aromatic N) is 1. The van der Waals surface area contributed by atoms with Crippen LogP contribution in [0.3, 0.4) is 0 Å². The van der Waals surface area contributed by atoms with E-state index in [1.807, 2.05) is 0 Å². The minimum absolute atomic E-state index is 0.104. The molecular formula is C12H7ClF3N. The standard InChI is InChI=1S/C12H7ClF3N/c13-7-4-9(5-1-2-5)17-12-6(7)3-8(14)10(15)11(12)16/h3-5H,1-2H2. The first-order chi connectivity index (χ1) is 8.08. The van der Waals surface area contributed by atoms with Crippen molar-refractivity contribution in [3.05, 3.63) is 40.3 Å². The van der Waals surface area contributed by atoms with Crippen molar-refractivity contribution in [3.8, 4) is 0 Å². The molecule has 0 amide bonds. The van der Waals surface area contributed by atoms with Gasteiger partial charge in [0.15, 0.2) is 17.5 Å². The van der Waals surface area contributed by atoms with E-state index in [4.69, 9.17) is 11.6 Å². The van der Waals surface area contributed by atoms with Crippen LogP contribution < -0.4 is 0 Å². The van der Waals surface area contributed by atoms with Gasteiger partial charge in [0.2, 0.25) is 0 Å². The lowest BCUT2D eigenvalue weighted by atomic mass is 10.1. The molecule has 0 atom stereocenters. The number of fused-ring (bicyclic) bond motifs is 1. The lowest BCUT2D eigenvalue weighted by Crippen LogP contribution is -1.97. The molecule has 1 aliphatic carbocycles. The SMILES string of the molecule is Fc1cc2c(Cl)cc(C3CC3)nc2c(F)c1F. The van der Waals surface area contributed by atoms with E-state index in [0.29, 0.717) is 5.69 Å². The summed E-state index contributed by atoms with van der Waals surface area (Å²) in [5.74, 6) is -3.76. The maximum Gasteiger partial charge on any atom is 0.196 e. The number of pyridine rings is 1. The minimum atomic E-state index is -1.51. The van der Waals surface area contributed by atoms with Crippen molar-refractivity contribution in [2.75, 3.05) is 0 Å². The van der Waals surface area contributed by atoms with Gasteiger partial charge in [0, 0.05) is 17.0 Å². The molecule has 0 unspecified atom stereocenters. The highest BCUT2D eigenvalue weighted by Gasteiger charge is 2.27. The molecule has 0 radical (unpaired) electrons. The quantitative estimate of drug-likeness (QED) is 0.698. The van der Waals surface area contributed by atoms with Gasteiger partial charge in [-0.1, -0.05) is 11.6 Å². The largest absolute Gasteiger partial charge is 0.249 e. The smallest absolute Gasteiger partial charge is 0.196 e. The lowest BCUT2D eigenvalue weighted by Gasteiger charge is -2.06. The topological polar surface area (TPSA) is 12.9 Å². The fraction of sp³-hybridized carbons (Fsp3) is 0.250. The van der Waals surface area contributed by atoms with Crippen molar-refractivity contribution < 1.29 is 13.2 Å². The zero-order chi connectivity index (χ0) is 12.2. The van der Waals surface area contributed by atoms with Crippen molar-refractivity contribution >= 4 is 22.5 Å². The zero-order valence-electron chi connectivity index (χ0n) is 8.61. The Balaban J connectivity index is 2.36. The Kier molecular flexibility index (Phi) is 2.30. The van der Waals surface area contributed by atoms with Crippen molar-refractivity contribution in [2.45, 2.75) is 18.8 Å². The number of benzene rings is 1. The molecule has 0 aliphatic heterocycles. The van der Waals surface area contributed by atoms with Crippen LogP contribution in [-0.4, -0.2) is 4.98 Å². The molecule has 1 fully saturated rings. The molecule has 1 aromatic carbocycles. The summed E-state index contributed by atoms with van der Waals surface area (Å²) in [5.41, 5.74) is 0.450. The van der Waals surface area contributed by atoms with Crippen LogP contribution in [0.4, 0.5) is 13.2 Å². The number of rotatable bonds is 1. The normalized spacial score (nSPS) is 15.5. The second kappa shape index (κ2) is 3.60. The molecule has 0 N–H and O–H groups in total. The first-order valence-electron chi connectivity index (χ1n) is 5.21. The third-order valence-electron chi connectivity index (χ3n) is 2.90. The predicted octanol–water partition coefficient (Wildman–Crippen LogP) is 4.18. The highest BCUT2D eigenvalue weighted by Crippen LogP contribution is 2.41. The maximum atomic E-state index is 13.6. The molecule has 1 saturated carbocycles. The predicted molar refractivity (Wildman–Crippen MR) is 58.6 cm³/mol. The molecule has 2 aromatic rings. The average Bonchev–Trinajstić information content (AvgIpc) is 3.11. The van der Waals surface area contributed by atoms with E-state index < -0.39 is 17.5 Å². The summed E-state index contributed by atoms with van der Waals surface area (Å²) >= 11 is 5.93. The molecular weight excluding hydrogens is 251 g/mol. The lowest BCUT2D eigenvalue weighted by molar-refractivity contribution is 0.452. The van der Waals surface area contributed by atoms with Crippen LogP contribution >= 0.6 is 11.6 Å².